The third-order valence-corrected chi connectivity index (χ3v) is 22.8. The Hall–Kier alpha value is -6.75. The Kier molecular flexibility index (Phi) is 8.17. The van der Waals surface area contributed by atoms with E-state index in [-0.39, 0.29) is 21.7 Å². The molecular formula is C62H58N2O4Si2. The van der Waals surface area contributed by atoms with Crippen LogP contribution in [0.15, 0.2) is 121 Å². The van der Waals surface area contributed by atoms with E-state index in [9.17, 15) is 0 Å². The van der Waals surface area contributed by atoms with E-state index in [0.29, 0.717) is 0 Å². The van der Waals surface area contributed by atoms with Crippen molar-refractivity contribution in [1.82, 2.24) is 0 Å². The highest BCUT2D eigenvalue weighted by Crippen LogP contribution is 2.55. The van der Waals surface area contributed by atoms with Gasteiger partial charge in [0.05, 0.1) is 11.4 Å². The van der Waals surface area contributed by atoms with Crippen LogP contribution in [0.2, 0.25) is 0 Å². The maximum absolute atomic E-state index is 7.49. The van der Waals surface area contributed by atoms with Crippen LogP contribution >= 0.6 is 0 Å². The van der Waals surface area contributed by atoms with E-state index in [1.807, 2.05) is 0 Å². The highest BCUT2D eigenvalue weighted by molar-refractivity contribution is 7.02. The summed E-state index contributed by atoms with van der Waals surface area (Å²) in [6, 6.07) is 45.9. The van der Waals surface area contributed by atoms with E-state index in [2.05, 4.69) is 214 Å². The summed E-state index contributed by atoms with van der Waals surface area (Å²) in [4.78, 5) is 5.05. The molecule has 0 spiro atoms. The Morgan fingerprint density at radius 1 is 0.314 bits per heavy atom. The number of ether oxygens (including phenoxy) is 4. The van der Waals surface area contributed by atoms with Gasteiger partial charge in [0.15, 0.2) is 17.6 Å². The molecule has 348 valence electrons. The van der Waals surface area contributed by atoms with Gasteiger partial charge in [-0.25, -0.2) is 0 Å². The summed E-state index contributed by atoms with van der Waals surface area (Å²) in [5.74, 6) is 7.46. The van der Waals surface area contributed by atoms with E-state index in [1.54, 1.807) is 0 Å². The summed E-state index contributed by atoms with van der Waals surface area (Å²) in [5, 5.41) is 9.94. The van der Waals surface area contributed by atoms with Gasteiger partial charge in [-0.15, -0.1) is 0 Å². The second-order valence-corrected chi connectivity index (χ2v) is 29.8. The standard InChI is InChI=1S/C62H58N2O4Si2/c1-59(2,3)33-19-23-37(24-20-33)63-41-15-13-17-43-53(41)69-55-45(65-43)27-35(61(7,8)9)29-47(55)67-49-32-40-39(51(63)57(49)69)31-50-58-52(40)64(38-25-21-34(22-26-38)60(4,5)6)42-16-14-18-44-54(42)70(58)56-46(66-44)28-36(62(10,11)12)30-48(56)68-50/h13-32,69-70H,1-12H3. The highest BCUT2D eigenvalue weighted by atomic mass is 28.3. The SMILES string of the molecule is CC(C)(C)c1ccc(N2c3cccc4c3[SiH]3c5c(cc(C(C)(C)C)cc5Oc5cc6c7c8c(cc6c2c53)Oc2cc(C(C)(C)C)cc3c2[SiH]8c2c(cccc2N7c2ccc(C(C)(C)C)cc2)O3)O4)cc1. The van der Waals surface area contributed by atoms with E-state index in [0.717, 1.165) is 68.1 Å². The summed E-state index contributed by atoms with van der Waals surface area (Å²) in [5.41, 5.74) is 11.6. The van der Waals surface area contributed by atoms with Gasteiger partial charge in [0.2, 0.25) is 0 Å². The smallest absolute Gasteiger partial charge is 0.157 e. The van der Waals surface area contributed by atoms with Crippen LogP contribution in [-0.4, -0.2) is 17.6 Å². The van der Waals surface area contributed by atoms with Gasteiger partial charge in [-0.1, -0.05) is 119 Å². The number of rotatable bonds is 2. The fraction of sp³-hybridized carbons (Fsp3) is 0.258. The third-order valence-electron chi connectivity index (χ3n) is 15.9. The molecule has 8 heteroatoms. The second-order valence-electron chi connectivity index (χ2n) is 24.6. The third kappa shape index (κ3) is 5.72. The van der Waals surface area contributed by atoms with E-state index >= 15 is 0 Å². The number of hydrogen-bond donors (Lipinski definition) is 0. The molecule has 2 atom stereocenters. The lowest BCUT2D eigenvalue weighted by Gasteiger charge is -2.46. The first-order chi connectivity index (χ1) is 33.2. The minimum atomic E-state index is -2.24. The van der Waals surface area contributed by atoms with Gasteiger partial charge in [-0.3, -0.25) is 0 Å². The van der Waals surface area contributed by atoms with Gasteiger partial charge < -0.3 is 28.7 Å². The van der Waals surface area contributed by atoms with Crippen LogP contribution in [0, 0.1) is 0 Å². The molecule has 0 aromatic heterocycles. The molecule has 70 heavy (non-hydrogen) atoms. The Bertz CT molecular complexity index is 3420. The lowest BCUT2D eigenvalue weighted by atomic mass is 9.86. The van der Waals surface area contributed by atoms with Crippen LogP contribution in [0.5, 0.6) is 46.0 Å². The van der Waals surface area contributed by atoms with Crippen LogP contribution in [-0.2, 0) is 21.7 Å². The van der Waals surface area contributed by atoms with Crippen molar-refractivity contribution < 1.29 is 18.9 Å². The molecule has 0 amide bonds. The number of anilines is 6. The molecule has 8 aromatic carbocycles. The molecule has 0 bridgehead atoms. The van der Waals surface area contributed by atoms with Crippen LogP contribution in [0.1, 0.15) is 105 Å². The van der Waals surface area contributed by atoms with Crippen molar-refractivity contribution in [1.29, 1.82) is 0 Å². The Morgan fingerprint density at radius 2 is 0.629 bits per heavy atom. The maximum Gasteiger partial charge on any atom is 0.157 e. The minimum Gasteiger partial charge on any atom is -0.457 e. The lowest BCUT2D eigenvalue weighted by molar-refractivity contribution is 0.457. The fourth-order valence-corrected chi connectivity index (χ4v) is 19.6. The normalized spacial score (nSPS) is 17.3. The molecule has 6 aliphatic rings. The highest BCUT2D eigenvalue weighted by Gasteiger charge is 2.51. The molecule has 2 unspecified atom stereocenters. The number of benzene rings is 8. The quantitative estimate of drug-likeness (QED) is 0.161. The molecule has 0 radical (unpaired) electrons. The molecule has 6 heterocycles. The minimum absolute atomic E-state index is 0.00250. The van der Waals surface area contributed by atoms with Crippen molar-refractivity contribution in [2.24, 2.45) is 0 Å². The summed E-state index contributed by atoms with van der Waals surface area (Å²) < 4.78 is 29.1. The first kappa shape index (κ1) is 42.2. The zero-order valence-corrected chi connectivity index (χ0v) is 44.5. The monoisotopic (exact) mass is 950 g/mol. The first-order valence-electron chi connectivity index (χ1n) is 25.1. The summed E-state index contributed by atoms with van der Waals surface area (Å²) in [6.45, 7) is 27.4. The van der Waals surface area contributed by atoms with Crippen LogP contribution in [0.3, 0.4) is 0 Å². The molecule has 0 saturated heterocycles. The molecule has 14 rings (SSSR count). The molecular weight excluding hydrogens is 893 g/mol. The lowest BCUT2D eigenvalue weighted by Crippen LogP contribution is -2.62. The van der Waals surface area contributed by atoms with Crippen molar-refractivity contribution in [3.63, 3.8) is 0 Å². The van der Waals surface area contributed by atoms with Gasteiger partial charge in [-0.05, 0) is 129 Å². The summed E-state index contributed by atoms with van der Waals surface area (Å²) in [7, 11) is -4.48. The van der Waals surface area contributed by atoms with Crippen molar-refractivity contribution in [3.8, 4) is 46.0 Å². The molecule has 8 aromatic rings. The molecule has 0 aliphatic carbocycles. The Labute approximate surface area is 414 Å². The van der Waals surface area contributed by atoms with Gasteiger partial charge >= 0.3 is 0 Å². The van der Waals surface area contributed by atoms with E-state index < -0.39 is 17.6 Å². The molecule has 6 aliphatic heterocycles. The zero-order valence-electron chi connectivity index (χ0n) is 42.2. The van der Waals surface area contributed by atoms with Crippen LogP contribution in [0.25, 0.3) is 10.8 Å². The van der Waals surface area contributed by atoms with Crippen molar-refractivity contribution in [3.05, 3.63) is 144 Å². The molecule has 6 nitrogen and oxygen atoms in total. The number of nitrogens with zero attached hydrogens (tertiary/aromatic N) is 2. The van der Waals surface area contributed by atoms with Gasteiger partial charge in [0, 0.05) is 64.6 Å². The summed E-state index contributed by atoms with van der Waals surface area (Å²) >= 11 is 0. The maximum atomic E-state index is 7.49. The Balaban J connectivity index is 1.13. The van der Waals surface area contributed by atoms with Crippen molar-refractivity contribution in [2.45, 2.75) is 105 Å². The second kappa shape index (κ2) is 13.6. The van der Waals surface area contributed by atoms with Gasteiger partial charge in [-0.2, -0.15) is 0 Å². The first-order valence-corrected chi connectivity index (χ1v) is 28.5. The van der Waals surface area contributed by atoms with Crippen LogP contribution < -0.4 is 59.9 Å². The topological polar surface area (TPSA) is 43.4 Å². The predicted molar refractivity (Wildman–Crippen MR) is 293 cm³/mol. The van der Waals surface area contributed by atoms with Crippen molar-refractivity contribution in [2.75, 3.05) is 9.80 Å². The average Bonchev–Trinajstić information content (AvgIpc) is 3.30. The molecule has 0 saturated carbocycles. The largest absolute Gasteiger partial charge is 0.457 e. The predicted octanol–water partition coefficient (Wildman–Crippen LogP) is 12.5. The summed E-state index contributed by atoms with van der Waals surface area (Å²) in [6.07, 6.45) is 0. The van der Waals surface area contributed by atoms with Crippen molar-refractivity contribution >= 4 is 93.6 Å². The van der Waals surface area contributed by atoms with E-state index in [1.165, 1.54) is 76.1 Å². The van der Waals surface area contributed by atoms with Crippen LogP contribution in [0.4, 0.5) is 34.1 Å². The zero-order chi connectivity index (χ0) is 48.3. The number of hydrogen-bond acceptors (Lipinski definition) is 6. The van der Waals surface area contributed by atoms with E-state index in [4.69, 9.17) is 18.9 Å². The van der Waals surface area contributed by atoms with Gasteiger partial charge in [0.1, 0.15) is 46.0 Å². The van der Waals surface area contributed by atoms with Gasteiger partial charge in [0.25, 0.3) is 0 Å². The fourth-order valence-electron chi connectivity index (χ4n) is 12.2. The average molecular weight is 951 g/mol. The molecule has 0 N–H and O–H groups in total. The number of fused-ring (bicyclic) bond motifs is 3. The molecule has 0 fully saturated rings. The Morgan fingerprint density at radius 3 is 0.957 bits per heavy atom.